The summed E-state index contributed by atoms with van der Waals surface area (Å²) in [5, 5.41) is 3.34. The Balaban J connectivity index is 3.15. The fourth-order valence-corrected chi connectivity index (χ4v) is 0.791. The number of aryl methyl sites for hydroxylation is 1. The topological polar surface area (TPSA) is 82.2 Å². The van der Waals surface area contributed by atoms with Gasteiger partial charge in [-0.2, -0.15) is 5.10 Å². The number of amidine groups is 1. The number of nitrogens with two attached hydrogens (primary N) is 2. The Kier molecular flexibility index (Phi) is 1.80. The molecule has 0 bridgehead atoms. The average molecular weight is 153 g/mol. The van der Waals surface area contributed by atoms with Crippen molar-refractivity contribution >= 4 is 5.84 Å². The van der Waals surface area contributed by atoms with Crippen LogP contribution in [0.3, 0.4) is 0 Å². The molecule has 0 atom stereocenters. The highest BCUT2D eigenvalue weighted by molar-refractivity contribution is 5.94. The molecule has 11 heavy (non-hydrogen) atoms. The van der Waals surface area contributed by atoms with Crippen LogP contribution in [-0.2, 0) is 7.05 Å². The Hall–Kier alpha value is -1.52. The van der Waals surface area contributed by atoms with E-state index in [0.29, 0.717) is 5.82 Å². The Bertz CT molecular complexity index is 285. The molecule has 0 radical (unpaired) electrons. The maximum Gasteiger partial charge on any atom is 0.186 e. The molecule has 0 spiro atoms. The van der Waals surface area contributed by atoms with Gasteiger partial charge in [-0.3, -0.25) is 0 Å². The molecule has 1 aromatic rings. The third kappa shape index (κ3) is 1.17. The lowest BCUT2D eigenvalue weighted by atomic mass is 10.5. The first-order chi connectivity index (χ1) is 5.16. The largest absolute Gasteiger partial charge is 0.379 e. The van der Waals surface area contributed by atoms with Crippen molar-refractivity contribution in [2.45, 2.75) is 6.92 Å². The van der Waals surface area contributed by atoms with E-state index in [9.17, 15) is 0 Å². The van der Waals surface area contributed by atoms with E-state index in [4.69, 9.17) is 11.6 Å². The number of imidazole rings is 1. The predicted molar refractivity (Wildman–Crippen MR) is 42.9 cm³/mol. The third-order valence-corrected chi connectivity index (χ3v) is 1.59. The van der Waals surface area contributed by atoms with E-state index in [1.165, 1.54) is 0 Å². The van der Waals surface area contributed by atoms with E-state index < -0.39 is 0 Å². The van der Waals surface area contributed by atoms with E-state index in [1.807, 2.05) is 18.5 Å². The standard InChI is InChI=1S/C6H11N5/c1-4-3-9-6(11(4)2)5(7)10-8/h3H,8H2,1-2H3,(H2,7,10). The molecule has 1 heterocycles. The van der Waals surface area contributed by atoms with Gasteiger partial charge in [0, 0.05) is 18.9 Å². The second-order valence-corrected chi connectivity index (χ2v) is 2.30. The smallest absolute Gasteiger partial charge is 0.186 e. The highest BCUT2D eigenvalue weighted by Crippen LogP contribution is 1.99. The zero-order valence-electron chi connectivity index (χ0n) is 6.57. The van der Waals surface area contributed by atoms with Crippen LogP contribution in [0.25, 0.3) is 0 Å². The van der Waals surface area contributed by atoms with Gasteiger partial charge in [0.05, 0.1) is 0 Å². The van der Waals surface area contributed by atoms with Crippen molar-refractivity contribution in [1.82, 2.24) is 9.55 Å². The van der Waals surface area contributed by atoms with Gasteiger partial charge in [0.2, 0.25) is 0 Å². The Morgan fingerprint density at radius 1 is 1.73 bits per heavy atom. The fourth-order valence-electron chi connectivity index (χ4n) is 0.791. The molecule has 0 aromatic carbocycles. The first-order valence-electron chi connectivity index (χ1n) is 3.19. The van der Waals surface area contributed by atoms with Crippen LogP contribution in [0.2, 0.25) is 0 Å². The molecule has 0 aliphatic carbocycles. The first kappa shape index (κ1) is 7.59. The maximum absolute atomic E-state index is 5.45. The van der Waals surface area contributed by atoms with Gasteiger partial charge in [0.15, 0.2) is 11.7 Å². The number of hydrazone groups is 1. The lowest BCUT2D eigenvalue weighted by molar-refractivity contribution is 0.856. The minimum atomic E-state index is 0.251. The summed E-state index contributed by atoms with van der Waals surface area (Å²) in [6.07, 6.45) is 1.72. The van der Waals surface area contributed by atoms with Crippen molar-refractivity contribution in [3.05, 3.63) is 17.7 Å². The molecule has 60 valence electrons. The van der Waals surface area contributed by atoms with Crippen LogP contribution in [0.15, 0.2) is 11.3 Å². The molecule has 0 unspecified atom stereocenters. The summed E-state index contributed by atoms with van der Waals surface area (Å²) in [5.74, 6) is 5.84. The van der Waals surface area contributed by atoms with Crippen molar-refractivity contribution in [3.63, 3.8) is 0 Å². The molecule has 1 aromatic heterocycles. The van der Waals surface area contributed by atoms with E-state index in [0.717, 1.165) is 5.69 Å². The molecule has 0 amide bonds. The fraction of sp³-hybridized carbons (Fsp3) is 0.333. The number of aromatic nitrogens is 2. The third-order valence-electron chi connectivity index (χ3n) is 1.59. The molecular weight excluding hydrogens is 142 g/mol. The van der Waals surface area contributed by atoms with Crippen molar-refractivity contribution in [2.75, 3.05) is 0 Å². The van der Waals surface area contributed by atoms with Gasteiger partial charge < -0.3 is 16.1 Å². The Morgan fingerprint density at radius 2 is 2.36 bits per heavy atom. The number of nitrogens with zero attached hydrogens (tertiary/aromatic N) is 3. The highest BCUT2D eigenvalue weighted by Gasteiger charge is 2.05. The normalized spacial score (nSPS) is 12.0. The summed E-state index contributed by atoms with van der Waals surface area (Å²) >= 11 is 0. The Labute approximate surface area is 64.7 Å². The van der Waals surface area contributed by atoms with Gasteiger partial charge in [0.25, 0.3) is 0 Å². The van der Waals surface area contributed by atoms with Gasteiger partial charge in [-0.25, -0.2) is 4.98 Å². The minimum Gasteiger partial charge on any atom is -0.379 e. The quantitative estimate of drug-likeness (QED) is 0.242. The van der Waals surface area contributed by atoms with Gasteiger partial charge >= 0.3 is 0 Å². The zero-order valence-corrected chi connectivity index (χ0v) is 6.57. The summed E-state index contributed by atoms with van der Waals surface area (Å²) in [4.78, 5) is 4.01. The molecule has 5 heteroatoms. The molecule has 0 aliphatic rings. The molecule has 5 nitrogen and oxygen atoms in total. The molecule has 0 saturated heterocycles. The van der Waals surface area contributed by atoms with Crippen molar-refractivity contribution in [3.8, 4) is 0 Å². The van der Waals surface area contributed by atoms with Crippen molar-refractivity contribution in [2.24, 2.45) is 23.7 Å². The lowest BCUT2D eigenvalue weighted by Crippen LogP contribution is -2.20. The number of hydrogen-bond donors (Lipinski definition) is 2. The second-order valence-electron chi connectivity index (χ2n) is 2.30. The Morgan fingerprint density at radius 3 is 2.73 bits per heavy atom. The van der Waals surface area contributed by atoms with Gasteiger partial charge in [0.1, 0.15) is 0 Å². The van der Waals surface area contributed by atoms with Crippen LogP contribution in [0, 0.1) is 6.92 Å². The van der Waals surface area contributed by atoms with Gasteiger partial charge in [-0.15, -0.1) is 0 Å². The molecule has 0 aliphatic heterocycles. The van der Waals surface area contributed by atoms with Crippen LogP contribution >= 0.6 is 0 Å². The van der Waals surface area contributed by atoms with E-state index in [2.05, 4.69) is 10.1 Å². The van der Waals surface area contributed by atoms with Crippen LogP contribution < -0.4 is 11.6 Å². The van der Waals surface area contributed by atoms with Crippen LogP contribution in [0.5, 0.6) is 0 Å². The second kappa shape index (κ2) is 2.61. The first-order valence-corrected chi connectivity index (χ1v) is 3.19. The molecule has 0 fully saturated rings. The summed E-state index contributed by atoms with van der Waals surface area (Å²) in [5.41, 5.74) is 6.47. The summed E-state index contributed by atoms with van der Waals surface area (Å²) < 4.78 is 1.83. The molecule has 0 saturated carbocycles. The van der Waals surface area contributed by atoms with E-state index in [-0.39, 0.29) is 5.84 Å². The summed E-state index contributed by atoms with van der Waals surface area (Å²) in [6, 6.07) is 0. The zero-order chi connectivity index (χ0) is 8.43. The van der Waals surface area contributed by atoms with Crippen LogP contribution in [0.1, 0.15) is 11.5 Å². The minimum absolute atomic E-state index is 0.251. The van der Waals surface area contributed by atoms with Crippen LogP contribution in [0.4, 0.5) is 0 Å². The molecule has 1 rings (SSSR count). The summed E-state index contributed by atoms with van der Waals surface area (Å²) in [6.45, 7) is 1.93. The predicted octanol–water partition coefficient (Wildman–Crippen LogP) is -0.692. The van der Waals surface area contributed by atoms with Crippen LogP contribution in [-0.4, -0.2) is 15.4 Å². The van der Waals surface area contributed by atoms with Gasteiger partial charge in [-0.1, -0.05) is 0 Å². The van der Waals surface area contributed by atoms with Gasteiger partial charge in [-0.05, 0) is 6.92 Å². The highest BCUT2D eigenvalue weighted by atomic mass is 15.2. The van der Waals surface area contributed by atoms with E-state index >= 15 is 0 Å². The SMILES string of the molecule is Cc1cnc(/C(N)=N/N)n1C. The monoisotopic (exact) mass is 153 g/mol. The van der Waals surface area contributed by atoms with Crippen molar-refractivity contribution < 1.29 is 0 Å². The summed E-state index contributed by atoms with van der Waals surface area (Å²) in [7, 11) is 1.86. The maximum atomic E-state index is 5.45. The molecule has 4 N–H and O–H groups in total. The number of rotatable bonds is 1. The number of hydrogen-bond acceptors (Lipinski definition) is 3. The van der Waals surface area contributed by atoms with E-state index in [1.54, 1.807) is 6.20 Å². The molecular formula is C6H11N5. The lowest BCUT2D eigenvalue weighted by Gasteiger charge is -1.99. The van der Waals surface area contributed by atoms with Crippen molar-refractivity contribution in [1.29, 1.82) is 0 Å². The average Bonchev–Trinajstić information content (AvgIpc) is 2.32.